The third kappa shape index (κ3) is 5.84. The van der Waals surface area contributed by atoms with Gasteiger partial charge < -0.3 is 15.3 Å². The van der Waals surface area contributed by atoms with Gasteiger partial charge in [-0.3, -0.25) is 9.59 Å². The first kappa shape index (κ1) is 19.5. The molecule has 0 saturated carbocycles. The van der Waals surface area contributed by atoms with Gasteiger partial charge in [-0.25, -0.2) is 4.79 Å². The summed E-state index contributed by atoms with van der Waals surface area (Å²) in [5.74, 6) is -1.38. The summed E-state index contributed by atoms with van der Waals surface area (Å²) in [6, 6.07) is -0.865. The number of carboxylic acids is 1. The van der Waals surface area contributed by atoms with E-state index in [0.717, 1.165) is 6.42 Å². The van der Waals surface area contributed by atoms with Crippen molar-refractivity contribution >= 4 is 17.8 Å². The van der Waals surface area contributed by atoms with Crippen molar-refractivity contribution in [2.45, 2.75) is 59.9 Å². The quantitative estimate of drug-likeness (QED) is 0.807. The second kappa shape index (κ2) is 7.79. The van der Waals surface area contributed by atoms with E-state index in [1.807, 2.05) is 34.6 Å². The molecule has 0 aliphatic carbocycles. The van der Waals surface area contributed by atoms with Gasteiger partial charge in [0.25, 0.3) is 0 Å². The van der Waals surface area contributed by atoms with Gasteiger partial charge in [-0.15, -0.1) is 0 Å². The highest BCUT2D eigenvalue weighted by atomic mass is 16.4. The van der Waals surface area contributed by atoms with Crippen LogP contribution in [-0.2, 0) is 14.4 Å². The van der Waals surface area contributed by atoms with Crippen molar-refractivity contribution in [1.29, 1.82) is 0 Å². The summed E-state index contributed by atoms with van der Waals surface area (Å²) in [6.07, 6.45) is 1.86. The zero-order valence-electron chi connectivity index (χ0n) is 14.9. The Kier molecular flexibility index (Phi) is 6.59. The van der Waals surface area contributed by atoms with Gasteiger partial charge in [0.2, 0.25) is 11.8 Å². The fraction of sp³-hybridized carbons (Fsp3) is 0.824. The SMILES string of the molecule is CC(C)C[C@H](NC(=O)C1CCCN(C(=O)C(C)(C)C)C1)C(=O)O. The zero-order chi connectivity index (χ0) is 17.8. The number of rotatable bonds is 5. The minimum atomic E-state index is -1.01. The van der Waals surface area contributed by atoms with E-state index in [4.69, 9.17) is 0 Å². The summed E-state index contributed by atoms with van der Waals surface area (Å²) < 4.78 is 0. The number of nitrogens with zero attached hydrogens (tertiary/aromatic N) is 1. The van der Waals surface area contributed by atoms with E-state index in [2.05, 4.69) is 5.32 Å². The smallest absolute Gasteiger partial charge is 0.326 e. The average Bonchev–Trinajstić information content (AvgIpc) is 2.44. The van der Waals surface area contributed by atoms with Gasteiger partial charge >= 0.3 is 5.97 Å². The van der Waals surface area contributed by atoms with Gasteiger partial charge in [0, 0.05) is 18.5 Å². The number of amides is 2. The van der Waals surface area contributed by atoms with Crippen molar-refractivity contribution in [3.63, 3.8) is 0 Å². The van der Waals surface area contributed by atoms with Crippen LogP contribution in [0.4, 0.5) is 0 Å². The van der Waals surface area contributed by atoms with Crippen molar-refractivity contribution in [3.8, 4) is 0 Å². The van der Waals surface area contributed by atoms with Crippen molar-refractivity contribution < 1.29 is 19.5 Å². The fourth-order valence-electron chi connectivity index (χ4n) is 2.83. The van der Waals surface area contributed by atoms with E-state index < -0.39 is 17.4 Å². The third-order valence-electron chi connectivity index (χ3n) is 4.04. The topological polar surface area (TPSA) is 86.7 Å². The molecule has 23 heavy (non-hydrogen) atoms. The summed E-state index contributed by atoms with van der Waals surface area (Å²) in [4.78, 5) is 37.8. The summed E-state index contributed by atoms with van der Waals surface area (Å²) in [5, 5.41) is 11.9. The summed E-state index contributed by atoms with van der Waals surface area (Å²) in [5.41, 5.74) is -0.473. The highest BCUT2D eigenvalue weighted by molar-refractivity contribution is 5.86. The van der Waals surface area contributed by atoms with Crippen molar-refractivity contribution in [2.24, 2.45) is 17.3 Å². The molecule has 132 valence electrons. The molecule has 1 saturated heterocycles. The normalized spacial score (nSPS) is 20.3. The predicted octanol–water partition coefficient (Wildman–Crippen LogP) is 1.89. The maximum absolute atomic E-state index is 12.4. The van der Waals surface area contributed by atoms with Gasteiger partial charge in [-0.1, -0.05) is 34.6 Å². The average molecular weight is 326 g/mol. The first-order valence-corrected chi connectivity index (χ1v) is 8.35. The van der Waals surface area contributed by atoms with Gasteiger partial charge in [0.15, 0.2) is 0 Å². The van der Waals surface area contributed by atoms with Crippen LogP contribution in [0.15, 0.2) is 0 Å². The Morgan fingerprint density at radius 1 is 1.26 bits per heavy atom. The molecular formula is C17H30N2O4. The molecule has 1 aliphatic heterocycles. The van der Waals surface area contributed by atoms with Crippen LogP contribution < -0.4 is 5.32 Å². The molecule has 0 aromatic rings. The van der Waals surface area contributed by atoms with E-state index in [1.54, 1.807) is 4.90 Å². The molecule has 1 fully saturated rings. The van der Waals surface area contributed by atoms with Gasteiger partial charge in [-0.2, -0.15) is 0 Å². The molecule has 6 nitrogen and oxygen atoms in total. The van der Waals surface area contributed by atoms with Crippen molar-refractivity contribution in [2.75, 3.05) is 13.1 Å². The highest BCUT2D eigenvalue weighted by Gasteiger charge is 2.34. The van der Waals surface area contributed by atoms with E-state index in [0.29, 0.717) is 25.9 Å². The number of carbonyl (C=O) groups is 3. The third-order valence-corrected chi connectivity index (χ3v) is 4.04. The number of carboxylic acid groups (broad SMARTS) is 1. The minimum Gasteiger partial charge on any atom is -0.480 e. The van der Waals surface area contributed by atoms with Crippen molar-refractivity contribution in [1.82, 2.24) is 10.2 Å². The Labute approximate surface area is 138 Å². The molecule has 0 spiro atoms. The van der Waals surface area contributed by atoms with Crippen LogP contribution in [0.2, 0.25) is 0 Å². The van der Waals surface area contributed by atoms with Crippen LogP contribution in [0.5, 0.6) is 0 Å². The molecule has 2 atom stereocenters. The molecular weight excluding hydrogens is 296 g/mol. The number of hydrogen-bond donors (Lipinski definition) is 2. The second-order valence-electron chi connectivity index (χ2n) is 7.87. The largest absolute Gasteiger partial charge is 0.480 e. The van der Waals surface area contributed by atoms with Gasteiger partial charge in [0.1, 0.15) is 6.04 Å². The van der Waals surface area contributed by atoms with Crippen LogP contribution in [0, 0.1) is 17.3 Å². The van der Waals surface area contributed by atoms with Crippen LogP contribution in [0.1, 0.15) is 53.9 Å². The lowest BCUT2D eigenvalue weighted by atomic mass is 9.90. The highest BCUT2D eigenvalue weighted by Crippen LogP contribution is 2.23. The lowest BCUT2D eigenvalue weighted by molar-refractivity contribution is -0.146. The molecule has 0 radical (unpaired) electrons. The molecule has 2 N–H and O–H groups in total. The summed E-state index contributed by atoms with van der Waals surface area (Å²) in [6.45, 7) is 10.5. The molecule has 0 aromatic carbocycles. The Balaban J connectivity index is 2.68. The molecule has 1 aliphatic rings. The Morgan fingerprint density at radius 3 is 2.35 bits per heavy atom. The Bertz CT molecular complexity index is 454. The Morgan fingerprint density at radius 2 is 1.87 bits per heavy atom. The van der Waals surface area contributed by atoms with Crippen LogP contribution in [0.3, 0.4) is 0 Å². The molecule has 0 bridgehead atoms. The lowest BCUT2D eigenvalue weighted by Gasteiger charge is -2.36. The monoisotopic (exact) mass is 326 g/mol. The number of aliphatic carboxylic acids is 1. The number of piperidine rings is 1. The standard InChI is InChI=1S/C17H30N2O4/c1-11(2)9-13(15(21)22)18-14(20)12-7-6-8-19(10-12)16(23)17(3,4)5/h11-13H,6-10H2,1-5H3,(H,18,20)(H,21,22)/t12?,13-/m0/s1. The molecule has 1 heterocycles. The lowest BCUT2D eigenvalue weighted by Crippen LogP contribution is -2.51. The second-order valence-corrected chi connectivity index (χ2v) is 7.87. The van der Waals surface area contributed by atoms with Crippen molar-refractivity contribution in [3.05, 3.63) is 0 Å². The van der Waals surface area contributed by atoms with E-state index in [1.165, 1.54) is 0 Å². The summed E-state index contributed by atoms with van der Waals surface area (Å²) >= 11 is 0. The first-order chi connectivity index (χ1) is 10.5. The molecule has 1 rings (SSSR count). The van der Waals surface area contributed by atoms with Gasteiger partial charge in [0.05, 0.1) is 5.92 Å². The predicted molar refractivity (Wildman–Crippen MR) is 87.8 cm³/mol. The Hall–Kier alpha value is -1.59. The molecule has 6 heteroatoms. The number of hydrogen-bond acceptors (Lipinski definition) is 3. The number of nitrogens with one attached hydrogen (secondary N) is 1. The molecule has 2 amide bonds. The van der Waals surface area contributed by atoms with E-state index in [-0.39, 0.29) is 23.7 Å². The number of likely N-dealkylation sites (tertiary alicyclic amines) is 1. The molecule has 1 unspecified atom stereocenters. The number of carbonyl (C=O) groups excluding carboxylic acids is 2. The maximum atomic E-state index is 12.4. The van der Waals surface area contributed by atoms with Crippen LogP contribution in [-0.4, -0.2) is 46.9 Å². The summed E-state index contributed by atoms with van der Waals surface area (Å²) in [7, 11) is 0. The van der Waals surface area contributed by atoms with Gasteiger partial charge in [-0.05, 0) is 25.2 Å². The molecule has 0 aromatic heterocycles. The fourth-order valence-corrected chi connectivity index (χ4v) is 2.83. The zero-order valence-corrected chi connectivity index (χ0v) is 14.9. The maximum Gasteiger partial charge on any atom is 0.326 e. The van der Waals surface area contributed by atoms with E-state index >= 15 is 0 Å². The van der Waals surface area contributed by atoms with E-state index in [9.17, 15) is 19.5 Å². The van der Waals surface area contributed by atoms with Crippen LogP contribution >= 0.6 is 0 Å². The minimum absolute atomic E-state index is 0.0342. The first-order valence-electron chi connectivity index (χ1n) is 8.35. The van der Waals surface area contributed by atoms with Crippen LogP contribution in [0.25, 0.3) is 0 Å².